The van der Waals surface area contributed by atoms with E-state index in [1.54, 1.807) is 14.0 Å². The highest BCUT2D eigenvalue weighted by Crippen LogP contribution is 2.30. The zero-order valence-electron chi connectivity index (χ0n) is 9.66. The van der Waals surface area contributed by atoms with Gasteiger partial charge in [0.25, 0.3) is 0 Å². The molecule has 1 unspecified atom stereocenters. The van der Waals surface area contributed by atoms with Gasteiger partial charge in [0.2, 0.25) is 5.28 Å². The highest BCUT2D eigenvalue weighted by molar-refractivity contribution is 6.28. The fourth-order valence-electron chi connectivity index (χ4n) is 1.23. The van der Waals surface area contributed by atoms with Crippen LogP contribution in [0, 0.1) is 11.3 Å². The summed E-state index contributed by atoms with van der Waals surface area (Å²) in [6.07, 6.45) is -4.42. The van der Waals surface area contributed by atoms with E-state index in [1.807, 2.05) is 6.07 Å². The third-order valence-electron chi connectivity index (χ3n) is 2.38. The number of alkyl halides is 3. The van der Waals surface area contributed by atoms with Crippen LogP contribution in [0.4, 0.5) is 19.0 Å². The number of hydrogen-bond donors (Lipinski definition) is 0. The molecule has 0 saturated heterocycles. The lowest BCUT2D eigenvalue weighted by Crippen LogP contribution is -2.29. The van der Waals surface area contributed by atoms with Crippen LogP contribution in [0.15, 0.2) is 6.07 Å². The molecule has 4 nitrogen and oxygen atoms in total. The zero-order chi connectivity index (χ0) is 13.9. The molecule has 98 valence electrons. The lowest BCUT2D eigenvalue weighted by atomic mass is 10.2. The fraction of sp³-hybridized carbons (Fsp3) is 0.500. The van der Waals surface area contributed by atoms with Crippen molar-refractivity contribution in [2.24, 2.45) is 0 Å². The van der Waals surface area contributed by atoms with Gasteiger partial charge >= 0.3 is 6.18 Å². The maximum Gasteiger partial charge on any atom is 0.433 e. The second-order valence-corrected chi connectivity index (χ2v) is 4.04. The third-order valence-corrected chi connectivity index (χ3v) is 2.55. The Balaban J connectivity index is 3.11. The predicted octanol–water partition coefficient (Wildman–Crippen LogP) is 2.89. The average Bonchev–Trinajstić information content (AvgIpc) is 2.26. The molecule has 1 aromatic heterocycles. The number of anilines is 1. The largest absolute Gasteiger partial charge is 0.433 e. The number of aromatic nitrogens is 2. The molecule has 0 aliphatic heterocycles. The summed E-state index contributed by atoms with van der Waals surface area (Å²) >= 11 is 5.47. The van der Waals surface area contributed by atoms with Crippen LogP contribution in [-0.2, 0) is 6.18 Å². The summed E-state index contributed by atoms with van der Waals surface area (Å²) in [4.78, 5) is 8.30. The third kappa shape index (κ3) is 3.47. The van der Waals surface area contributed by atoms with E-state index in [4.69, 9.17) is 16.9 Å². The van der Waals surface area contributed by atoms with Crippen molar-refractivity contribution in [2.75, 3.05) is 11.9 Å². The number of nitrogens with zero attached hydrogens (tertiary/aromatic N) is 4. The van der Waals surface area contributed by atoms with Crippen LogP contribution in [0.25, 0.3) is 0 Å². The maximum absolute atomic E-state index is 12.5. The lowest BCUT2D eigenvalue weighted by Gasteiger charge is -2.24. The molecule has 1 aromatic rings. The summed E-state index contributed by atoms with van der Waals surface area (Å²) < 4.78 is 37.6. The molecule has 1 heterocycles. The van der Waals surface area contributed by atoms with E-state index >= 15 is 0 Å². The van der Waals surface area contributed by atoms with E-state index in [0.717, 1.165) is 6.07 Å². The van der Waals surface area contributed by atoms with Crippen molar-refractivity contribution in [1.82, 2.24) is 9.97 Å². The van der Waals surface area contributed by atoms with Crippen LogP contribution in [0.2, 0.25) is 5.28 Å². The van der Waals surface area contributed by atoms with Gasteiger partial charge in [0.05, 0.1) is 12.5 Å². The van der Waals surface area contributed by atoms with Gasteiger partial charge in [-0.15, -0.1) is 0 Å². The highest BCUT2D eigenvalue weighted by Gasteiger charge is 2.34. The SMILES string of the molecule is CC(CC#N)N(C)c1cc(C(F)(F)F)nc(Cl)n1. The fourth-order valence-corrected chi connectivity index (χ4v) is 1.40. The van der Waals surface area contributed by atoms with Gasteiger partial charge in [-0.25, -0.2) is 9.97 Å². The quantitative estimate of drug-likeness (QED) is 0.798. The summed E-state index contributed by atoms with van der Waals surface area (Å²) in [5, 5.41) is 8.08. The van der Waals surface area contributed by atoms with E-state index in [-0.39, 0.29) is 18.3 Å². The molecule has 0 fully saturated rings. The Labute approximate surface area is 107 Å². The van der Waals surface area contributed by atoms with Gasteiger partial charge in [0.1, 0.15) is 5.82 Å². The molecule has 0 aliphatic rings. The Hall–Kier alpha value is -1.55. The Kier molecular flexibility index (Phi) is 4.35. The number of nitriles is 1. The average molecular weight is 279 g/mol. The minimum atomic E-state index is -4.58. The summed E-state index contributed by atoms with van der Waals surface area (Å²) in [7, 11) is 1.54. The molecule has 1 atom stereocenters. The van der Waals surface area contributed by atoms with Crippen LogP contribution in [0.3, 0.4) is 0 Å². The van der Waals surface area contributed by atoms with Gasteiger partial charge in [0.15, 0.2) is 5.69 Å². The standard InChI is InChI=1S/C10H10ClF3N4/c1-6(3-4-15)18(2)8-5-7(10(12,13)14)16-9(11)17-8/h5-6H,3H2,1-2H3. The molecule has 0 radical (unpaired) electrons. The molecule has 1 rings (SSSR count). The molecule has 0 N–H and O–H groups in total. The van der Waals surface area contributed by atoms with Crippen molar-refractivity contribution < 1.29 is 13.2 Å². The van der Waals surface area contributed by atoms with Crippen LogP contribution < -0.4 is 4.90 Å². The van der Waals surface area contributed by atoms with Gasteiger partial charge in [-0.2, -0.15) is 18.4 Å². The van der Waals surface area contributed by atoms with Crippen molar-refractivity contribution in [3.05, 3.63) is 17.0 Å². The summed E-state index contributed by atoms with van der Waals surface area (Å²) in [6.45, 7) is 1.70. The van der Waals surface area contributed by atoms with Crippen LogP contribution >= 0.6 is 11.6 Å². The smallest absolute Gasteiger partial charge is 0.356 e. The number of hydrogen-bond acceptors (Lipinski definition) is 4. The topological polar surface area (TPSA) is 52.8 Å². The van der Waals surface area contributed by atoms with E-state index in [2.05, 4.69) is 9.97 Å². The predicted molar refractivity (Wildman–Crippen MR) is 60.1 cm³/mol. The first kappa shape index (κ1) is 14.5. The van der Waals surface area contributed by atoms with Crippen molar-refractivity contribution in [2.45, 2.75) is 25.6 Å². The van der Waals surface area contributed by atoms with Crippen molar-refractivity contribution in [1.29, 1.82) is 5.26 Å². The zero-order valence-corrected chi connectivity index (χ0v) is 10.4. The Morgan fingerprint density at radius 1 is 1.50 bits per heavy atom. The second-order valence-electron chi connectivity index (χ2n) is 3.70. The first-order valence-corrected chi connectivity index (χ1v) is 5.35. The van der Waals surface area contributed by atoms with Gasteiger partial charge in [-0.3, -0.25) is 0 Å². The molecule has 0 bridgehead atoms. The van der Waals surface area contributed by atoms with Gasteiger partial charge in [0, 0.05) is 19.2 Å². The van der Waals surface area contributed by atoms with E-state index in [9.17, 15) is 13.2 Å². The summed E-state index contributed by atoms with van der Waals surface area (Å²) in [6, 6.07) is 2.47. The van der Waals surface area contributed by atoms with Crippen molar-refractivity contribution >= 4 is 17.4 Å². The Morgan fingerprint density at radius 3 is 2.61 bits per heavy atom. The van der Waals surface area contributed by atoms with Gasteiger partial charge in [-0.05, 0) is 18.5 Å². The maximum atomic E-state index is 12.5. The Bertz CT molecular complexity index is 469. The number of rotatable bonds is 3. The van der Waals surface area contributed by atoms with Gasteiger partial charge < -0.3 is 4.90 Å². The van der Waals surface area contributed by atoms with Crippen LogP contribution in [0.1, 0.15) is 19.0 Å². The molecule has 8 heteroatoms. The number of halogens is 4. The van der Waals surface area contributed by atoms with E-state index in [1.165, 1.54) is 4.90 Å². The van der Waals surface area contributed by atoms with Gasteiger partial charge in [-0.1, -0.05) is 0 Å². The molecule has 18 heavy (non-hydrogen) atoms. The molecule has 0 aliphatic carbocycles. The molecule has 0 spiro atoms. The highest BCUT2D eigenvalue weighted by atomic mass is 35.5. The minimum absolute atomic E-state index is 0.0325. The van der Waals surface area contributed by atoms with E-state index < -0.39 is 17.2 Å². The van der Waals surface area contributed by atoms with Crippen LogP contribution in [-0.4, -0.2) is 23.1 Å². The second kappa shape index (κ2) is 5.40. The monoisotopic (exact) mass is 278 g/mol. The normalized spacial score (nSPS) is 12.9. The van der Waals surface area contributed by atoms with Crippen molar-refractivity contribution in [3.8, 4) is 6.07 Å². The first-order valence-electron chi connectivity index (χ1n) is 4.97. The molecule has 0 saturated carbocycles. The molecular weight excluding hydrogens is 269 g/mol. The molecule has 0 aromatic carbocycles. The minimum Gasteiger partial charge on any atom is -0.356 e. The van der Waals surface area contributed by atoms with E-state index in [0.29, 0.717) is 0 Å². The summed E-state index contributed by atoms with van der Waals surface area (Å²) in [5.41, 5.74) is -1.10. The lowest BCUT2D eigenvalue weighted by molar-refractivity contribution is -0.141. The van der Waals surface area contributed by atoms with Crippen molar-refractivity contribution in [3.63, 3.8) is 0 Å². The molecular formula is C10H10ClF3N4. The first-order chi connectivity index (χ1) is 8.25. The summed E-state index contributed by atoms with van der Waals surface area (Å²) in [5.74, 6) is 0.0325. The van der Waals surface area contributed by atoms with Crippen LogP contribution in [0.5, 0.6) is 0 Å². The molecule has 0 amide bonds. The Morgan fingerprint density at radius 2 is 2.11 bits per heavy atom.